The minimum absolute atomic E-state index is 0.0791. The molecule has 0 radical (unpaired) electrons. The zero-order valence-corrected chi connectivity index (χ0v) is 18.3. The predicted molar refractivity (Wildman–Crippen MR) is 119 cm³/mol. The topological polar surface area (TPSA) is 80.0 Å². The number of phenolic OH excluding ortho intramolecular Hbond substituents is 1. The summed E-state index contributed by atoms with van der Waals surface area (Å²) < 4.78 is 2.65. The van der Waals surface area contributed by atoms with Crippen LogP contribution in [0, 0.1) is 0 Å². The van der Waals surface area contributed by atoms with Crippen molar-refractivity contribution in [1.82, 2.24) is 20.1 Å². The van der Waals surface area contributed by atoms with E-state index in [9.17, 15) is 9.90 Å². The van der Waals surface area contributed by atoms with E-state index >= 15 is 0 Å². The second kappa shape index (κ2) is 9.76. The van der Waals surface area contributed by atoms with Gasteiger partial charge < -0.3 is 10.4 Å². The zero-order valence-electron chi connectivity index (χ0n) is 15.9. The molecule has 2 aromatic carbocycles. The number of phenols is 1. The maximum absolute atomic E-state index is 12.4. The van der Waals surface area contributed by atoms with Crippen LogP contribution in [0.2, 0.25) is 0 Å². The van der Waals surface area contributed by atoms with Crippen molar-refractivity contribution >= 4 is 33.6 Å². The van der Waals surface area contributed by atoms with E-state index in [0.717, 1.165) is 10.0 Å². The lowest BCUT2D eigenvalue weighted by Gasteiger charge is -2.14. The van der Waals surface area contributed by atoms with Gasteiger partial charge in [-0.15, -0.1) is 16.8 Å². The highest BCUT2D eigenvalue weighted by Gasteiger charge is 2.18. The number of aromatic nitrogens is 3. The summed E-state index contributed by atoms with van der Waals surface area (Å²) in [4.78, 5) is 12.4. The van der Waals surface area contributed by atoms with Gasteiger partial charge in [-0.3, -0.25) is 9.36 Å². The number of benzene rings is 2. The Labute approximate surface area is 182 Å². The van der Waals surface area contributed by atoms with Gasteiger partial charge in [0.25, 0.3) is 0 Å². The summed E-state index contributed by atoms with van der Waals surface area (Å²) in [5.41, 5.74) is 1.61. The molecular formula is C21H21BrN4O2S. The van der Waals surface area contributed by atoms with Crippen molar-refractivity contribution in [3.05, 3.63) is 71.2 Å². The molecule has 3 aromatic rings. The van der Waals surface area contributed by atoms with Gasteiger partial charge in [0.15, 0.2) is 11.0 Å². The summed E-state index contributed by atoms with van der Waals surface area (Å²) in [7, 11) is 0. The van der Waals surface area contributed by atoms with Gasteiger partial charge in [-0.2, -0.15) is 0 Å². The molecule has 150 valence electrons. The Balaban J connectivity index is 1.72. The van der Waals surface area contributed by atoms with Crippen LogP contribution in [0.5, 0.6) is 5.75 Å². The van der Waals surface area contributed by atoms with E-state index in [0.29, 0.717) is 23.1 Å². The van der Waals surface area contributed by atoms with Crippen LogP contribution in [0.4, 0.5) is 0 Å². The highest BCUT2D eigenvalue weighted by atomic mass is 79.9. The van der Waals surface area contributed by atoms with Crippen molar-refractivity contribution in [3.63, 3.8) is 0 Å². The summed E-state index contributed by atoms with van der Waals surface area (Å²) in [6.45, 7) is 6.19. The first kappa shape index (κ1) is 21.1. The van der Waals surface area contributed by atoms with Gasteiger partial charge in [0.1, 0.15) is 5.75 Å². The number of halogens is 1. The molecule has 6 nitrogen and oxygen atoms in total. The van der Waals surface area contributed by atoms with Gasteiger partial charge in [0.2, 0.25) is 5.91 Å². The Morgan fingerprint density at radius 1 is 1.31 bits per heavy atom. The van der Waals surface area contributed by atoms with Crippen LogP contribution in [0.3, 0.4) is 0 Å². The number of amides is 1. The molecule has 1 unspecified atom stereocenters. The summed E-state index contributed by atoms with van der Waals surface area (Å²) in [6, 6.07) is 14.9. The van der Waals surface area contributed by atoms with Crippen LogP contribution in [-0.2, 0) is 11.3 Å². The predicted octanol–water partition coefficient (Wildman–Crippen LogP) is 4.57. The molecule has 0 saturated heterocycles. The Hall–Kier alpha value is -2.58. The number of rotatable bonds is 8. The number of nitrogens with zero attached hydrogens (tertiary/aromatic N) is 3. The number of aromatic hydroxyl groups is 1. The van der Waals surface area contributed by atoms with Crippen LogP contribution in [-0.4, -0.2) is 31.5 Å². The SMILES string of the molecule is C=CCn1c(SCC(=O)NC(C)c2ccccc2)nnc1-c1cc(Br)ccc1O. The van der Waals surface area contributed by atoms with E-state index in [4.69, 9.17) is 0 Å². The Morgan fingerprint density at radius 2 is 2.07 bits per heavy atom. The van der Waals surface area contributed by atoms with E-state index in [-0.39, 0.29) is 23.5 Å². The van der Waals surface area contributed by atoms with Crippen molar-refractivity contribution in [2.45, 2.75) is 24.7 Å². The van der Waals surface area contributed by atoms with E-state index in [2.05, 4.69) is 38.0 Å². The monoisotopic (exact) mass is 472 g/mol. The van der Waals surface area contributed by atoms with Crippen LogP contribution in [0.15, 0.2) is 70.8 Å². The van der Waals surface area contributed by atoms with Gasteiger partial charge in [0.05, 0.1) is 17.4 Å². The fourth-order valence-electron chi connectivity index (χ4n) is 2.81. The van der Waals surface area contributed by atoms with Gasteiger partial charge >= 0.3 is 0 Å². The minimum atomic E-state index is -0.0913. The fourth-order valence-corrected chi connectivity index (χ4v) is 3.93. The molecule has 1 amide bonds. The highest BCUT2D eigenvalue weighted by molar-refractivity contribution is 9.10. The van der Waals surface area contributed by atoms with E-state index in [1.807, 2.05) is 41.8 Å². The van der Waals surface area contributed by atoms with Gasteiger partial charge in [0, 0.05) is 11.0 Å². The Bertz CT molecular complexity index is 1010. The van der Waals surface area contributed by atoms with Crippen molar-refractivity contribution in [2.75, 3.05) is 5.75 Å². The summed E-state index contributed by atoms with van der Waals surface area (Å²) >= 11 is 4.70. The molecule has 1 atom stereocenters. The molecular weight excluding hydrogens is 452 g/mol. The number of nitrogens with one attached hydrogen (secondary N) is 1. The molecule has 0 aliphatic carbocycles. The second-order valence-electron chi connectivity index (χ2n) is 6.36. The maximum atomic E-state index is 12.4. The van der Waals surface area contributed by atoms with Gasteiger partial charge in [-0.1, -0.05) is 64.1 Å². The third-order valence-corrected chi connectivity index (χ3v) is 5.70. The van der Waals surface area contributed by atoms with Crippen molar-refractivity contribution in [1.29, 1.82) is 0 Å². The standard InChI is InChI=1S/C21H21BrN4O2S/c1-3-11-26-20(17-12-16(22)9-10-18(17)27)24-25-21(26)29-13-19(28)23-14(2)15-7-5-4-6-8-15/h3-10,12,14,27H,1,11,13H2,2H3,(H,23,28). The molecule has 0 fully saturated rings. The molecule has 1 aromatic heterocycles. The summed E-state index contributed by atoms with van der Waals surface area (Å²) in [5.74, 6) is 0.740. The number of hydrogen-bond acceptors (Lipinski definition) is 5. The molecule has 0 bridgehead atoms. The first-order valence-corrected chi connectivity index (χ1v) is 10.8. The first-order valence-electron chi connectivity index (χ1n) is 8.99. The molecule has 29 heavy (non-hydrogen) atoms. The van der Waals surface area contributed by atoms with E-state index < -0.39 is 0 Å². The molecule has 2 N–H and O–H groups in total. The summed E-state index contributed by atoms with van der Waals surface area (Å²) in [6.07, 6.45) is 1.73. The first-order chi connectivity index (χ1) is 14.0. The number of thioether (sulfide) groups is 1. The Morgan fingerprint density at radius 3 is 2.79 bits per heavy atom. The highest BCUT2D eigenvalue weighted by Crippen LogP contribution is 2.32. The smallest absolute Gasteiger partial charge is 0.230 e. The third-order valence-electron chi connectivity index (χ3n) is 4.24. The van der Waals surface area contributed by atoms with Gasteiger partial charge in [-0.05, 0) is 30.7 Å². The quantitative estimate of drug-likeness (QED) is 0.370. The third kappa shape index (κ3) is 5.27. The van der Waals surface area contributed by atoms with Gasteiger partial charge in [-0.25, -0.2) is 0 Å². The summed E-state index contributed by atoms with van der Waals surface area (Å²) in [5, 5.41) is 22.2. The number of carbonyl (C=O) groups is 1. The van der Waals surface area contributed by atoms with Crippen LogP contribution in [0.1, 0.15) is 18.5 Å². The molecule has 0 aliphatic heterocycles. The van der Waals surface area contributed by atoms with E-state index in [1.54, 1.807) is 24.3 Å². The lowest BCUT2D eigenvalue weighted by Crippen LogP contribution is -2.28. The van der Waals surface area contributed by atoms with E-state index in [1.165, 1.54) is 11.8 Å². The Kier molecular flexibility index (Phi) is 7.11. The fraction of sp³-hybridized carbons (Fsp3) is 0.190. The molecule has 0 spiro atoms. The molecule has 3 rings (SSSR count). The average Bonchev–Trinajstić information content (AvgIpc) is 3.11. The average molecular weight is 473 g/mol. The lowest BCUT2D eigenvalue weighted by molar-refractivity contribution is -0.119. The van der Waals surface area contributed by atoms with Crippen molar-refractivity contribution in [2.24, 2.45) is 0 Å². The molecule has 0 aliphatic rings. The molecule has 1 heterocycles. The minimum Gasteiger partial charge on any atom is -0.507 e. The normalized spacial score (nSPS) is 11.8. The van der Waals surface area contributed by atoms with Crippen LogP contribution < -0.4 is 5.32 Å². The number of carbonyl (C=O) groups excluding carboxylic acids is 1. The number of hydrogen-bond donors (Lipinski definition) is 2. The van der Waals surface area contributed by atoms with Crippen molar-refractivity contribution < 1.29 is 9.90 Å². The van der Waals surface area contributed by atoms with Crippen LogP contribution >= 0.6 is 27.7 Å². The van der Waals surface area contributed by atoms with Crippen LogP contribution in [0.25, 0.3) is 11.4 Å². The maximum Gasteiger partial charge on any atom is 0.230 e. The lowest BCUT2D eigenvalue weighted by atomic mass is 10.1. The number of allylic oxidation sites excluding steroid dienone is 1. The largest absolute Gasteiger partial charge is 0.507 e. The molecule has 8 heteroatoms. The molecule has 0 saturated carbocycles. The van der Waals surface area contributed by atoms with Crippen molar-refractivity contribution in [3.8, 4) is 17.1 Å². The zero-order chi connectivity index (χ0) is 20.8. The second-order valence-corrected chi connectivity index (χ2v) is 8.21.